The fourth-order valence-electron chi connectivity index (χ4n) is 5.78. The first-order valence-electron chi connectivity index (χ1n) is 11.9. The summed E-state index contributed by atoms with van der Waals surface area (Å²) in [5, 5.41) is 10.9. The summed E-state index contributed by atoms with van der Waals surface area (Å²) in [7, 11) is -1.25. The lowest BCUT2D eigenvalue weighted by Crippen LogP contribution is -2.24. The molecule has 1 aromatic heterocycles. The van der Waals surface area contributed by atoms with Gasteiger partial charge in [-0.3, -0.25) is 0 Å². The van der Waals surface area contributed by atoms with Gasteiger partial charge in [0.25, 0.3) is 0 Å². The van der Waals surface area contributed by atoms with Gasteiger partial charge >= 0.3 is 0 Å². The number of benzene rings is 2. The van der Waals surface area contributed by atoms with Crippen molar-refractivity contribution in [2.45, 2.75) is 12.5 Å². The van der Waals surface area contributed by atoms with Gasteiger partial charge in [-0.1, -0.05) is 12.1 Å². The Hall–Kier alpha value is -2.84. The number of hydrogen-bond donors (Lipinski definition) is 1. The number of nitrogens with zero attached hydrogens (tertiary/aromatic N) is 3. The Morgan fingerprint density at radius 2 is 1.71 bits per heavy atom. The lowest BCUT2D eigenvalue weighted by Gasteiger charge is -2.23. The van der Waals surface area contributed by atoms with E-state index in [1.165, 1.54) is 0 Å². The average Bonchev–Trinajstić information content (AvgIpc) is 3.50. The van der Waals surface area contributed by atoms with Gasteiger partial charge < -0.3 is 19.6 Å². The number of methoxy groups -OCH3 is 1. The number of pyridine rings is 1. The fourth-order valence-corrected chi connectivity index (χ4v) is 7.98. The van der Waals surface area contributed by atoms with Crippen LogP contribution in [0.25, 0.3) is 22.2 Å². The molecule has 34 heavy (non-hydrogen) atoms. The van der Waals surface area contributed by atoms with E-state index in [4.69, 9.17) is 9.72 Å². The van der Waals surface area contributed by atoms with Crippen LogP contribution in [-0.4, -0.2) is 69.4 Å². The van der Waals surface area contributed by atoms with Crippen LogP contribution in [0.15, 0.2) is 48.5 Å². The number of fused-ring (bicyclic) bond motifs is 2. The molecule has 0 radical (unpaired) electrons. The zero-order valence-electron chi connectivity index (χ0n) is 19.2. The van der Waals surface area contributed by atoms with Crippen molar-refractivity contribution in [2.24, 2.45) is 11.8 Å². The van der Waals surface area contributed by atoms with Crippen LogP contribution in [0.4, 0.5) is 11.4 Å². The highest BCUT2D eigenvalue weighted by Gasteiger charge is 2.44. The summed E-state index contributed by atoms with van der Waals surface area (Å²) in [4.78, 5) is 9.51. The minimum atomic E-state index is -2.90. The van der Waals surface area contributed by atoms with E-state index in [-0.39, 0.29) is 17.9 Å². The normalized spacial score (nSPS) is 25.8. The van der Waals surface area contributed by atoms with Gasteiger partial charge in [0.1, 0.15) is 5.75 Å². The molecule has 4 heterocycles. The first-order chi connectivity index (χ1) is 16.4. The first-order valence-corrected chi connectivity index (χ1v) is 13.7. The summed E-state index contributed by atoms with van der Waals surface area (Å²) in [6.45, 7) is 3.05. The zero-order valence-corrected chi connectivity index (χ0v) is 20.0. The number of sulfone groups is 1. The molecule has 3 aromatic rings. The molecule has 0 spiro atoms. The second kappa shape index (κ2) is 8.13. The topological polar surface area (TPSA) is 83.0 Å². The molecule has 0 saturated carbocycles. The van der Waals surface area contributed by atoms with Gasteiger partial charge in [0.2, 0.25) is 0 Å². The molecule has 3 aliphatic rings. The summed E-state index contributed by atoms with van der Waals surface area (Å²) in [6, 6.07) is 16.5. The monoisotopic (exact) mass is 479 g/mol. The molecule has 3 saturated heterocycles. The quantitative estimate of drug-likeness (QED) is 0.616. The average molecular weight is 480 g/mol. The Balaban J connectivity index is 1.37. The number of aliphatic hydroxyl groups excluding tert-OH is 1. The van der Waals surface area contributed by atoms with E-state index in [2.05, 4.69) is 40.1 Å². The molecule has 1 N–H and O–H groups in total. The maximum absolute atomic E-state index is 12.1. The van der Waals surface area contributed by atoms with Crippen molar-refractivity contribution >= 4 is 32.1 Å². The molecule has 8 heteroatoms. The second-order valence-electron chi connectivity index (χ2n) is 9.85. The standard InChI is InChI=1S/C26H29N3O4S/c1-33-22-6-7-23-25(10-22)27-24(17-2-4-20(5-3-17)28-9-8-21(30)14-28)11-26(23)29-12-18-15-34(31,32)16-19(18)13-29/h2-7,10-11,18-19,21,30H,8-9,12-16H2,1H3/t18?,19?,21-/m1/s1. The van der Waals surface area contributed by atoms with E-state index in [0.29, 0.717) is 18.1 Å². The van der Waals surface area contributed by atoms with E-state index in [9.17, 15) is 13.5 Å². The lowest BCUT2D eigenvalue weighted by molar-refractivity contribution is 0.198. The van der Waals surface area contributed by atoms with Crippen molar-refractivity contribution in [2.75, 3.05) is 54.6 Å². The molecule has 3 aliphatic heterocycles. The van der Waals surface area contributed by atoms with E-state index in [0.717, 1.165) is 65.3 Å². The molecule has 2 aromatic carbocycles. The predicted octanol–water partition coefficient (Wildman–Crippen LogP) is 2.96. The van der Waals surface area contributed by atoms with Crippen LogP contribution in [0.3, 0.4) is 0 Å². The Labute approximate surface area is 199 Å². The third-order valence-electron chi connectivity index (χ3n) is 7.54. The number of β-amino-alcohol motifs (C(OH)–C–C–N with tert-alkyl or cyclic N) is 1. The van der Waals surface area contributed by atoms with Gasteiger partial charge in [-0.15, -0.1) is 0 Å². The molecular weight excluding hydrogens is 450 g/mol. The van der Waals surface area contributed by atoms with Gasteiger partial charge in [0.15, 0.2) is 9.84 Å². The number of aromatic nitrogens is 1. The predicted molar refractivity (Wildman–Crippen MR) is 134 cm³/mol. The molecule has 3 fully saturated rings. The highest BCUT2D eigenvalue weighted by molar-refractivity contribution is 7.91. The highest BCUT2D eigenvalue weighted by atomic mass is 32.2. The molecule has 178 valence electrons. The number of rotatable bonds is 4. The van der Waals surface area contributed by atoms with Gasteiger partial charge in [0, 0.05) is 54.6 Å². The molecule has 7 nitrogen and oxygen atoms in total. The molecule has 2 unspecified atom stereocenters. The zero-order chi connectivity index (χ0) is 23.4. The first kappa shape index (κ1) is 21.7. The number of hydrogen-bond acceptors (Lipinski definition) is 7. The molecular formula is C26H29N3O4S. The van der Waals surface area contributed by atoms with Crippen LogP contribution in [-0.2, 0) is 9.84 Å². The third kappa shape index (κ3) is 3.88. The van der Waals surface area contributed by atoms with Crippen LogP contribution in [0.5, 0.6) is 5.75 Å². The van der Waals surface area contributed by atoms with E-state index in [1.54, 1.807) is 7.11 Å². The van der Waals surface area contributed by atoms with Crippen LogP contribution in [0, 0.1) is 11.8 Å². The third-order valence-corrected chi connectivity index (χ3v) is 9.41. The summed E-state index contributed by atoms with van der Waals surface area (Å²) in [5.41, 5.74) is 4.98. The minimum Gasteiger partial charge on any atom is -0.497 e. The number of anilines is 2. The summed E-state index contributed by atoms with van der Waals surface area (Å²) >= 11 is 0. The minimum absolute atomic E-state index is 0.199. The fraction of sp³-hybridized carbons (Fsp3) is 0.423. The van der Waals surface area contributed by atoms with Gasteiger partial charge in [-0.25, -0.2) is 13.4 Å². The van der Waals surface area contributed by atoms with E-state index >= 15 is 0 Å². The van der Waals surface area contributed by atoms with Crippen molar-refractivity contribution < 1.29 is 18.3 Å². The number of aliphatic hydroxyl groups is 1. The van der Waals surface area contributed by atoms with E-state index in [1.807, 2.05) is 18.2 Å². The smallest absolute Gasteiger partial charge is 0.151 e. The summed E-state index contributed by atoms with van der Waals surface area (Å²) < 4.78 is 29.6. The lowest BCUT2D eigenvalue weighted by atomic mass is 10.0. The highest BCUT2D eigenvalue weighted by Crippen LogP contribution is 2.40. The van der Waals surface area contributed by atoms with Crippen molar-refractivity contribution in [3.8, 4) is 17.0 Å². The maximum atomic E-state index is 12.1. The van der Waals surface area contributed by atoms with Crippen molar-refractivity contribution in [1.29, 1.82) is 0 Å². The Morgan fingerprint density at radius 1 is 0.971 bits per heavy atom. The van der Waals surface area contributed by atoms with Gasteiger partial charge in [-0.05, 0) is 48.6 Å². The Kier molecular flexibility index (Phi) is 5.18. The molecule has 0 amide bonds. The summed E-state index contributed by atoms with van der Waals surface area (Å²) in [5.74, 6) is 1.75. The van der Waals surface area contributed by atoms with E-state index < -0.39 is 9.84 Å². The SMILES string of the molecule is COc1ccc2c(N3CC4CS(=O)(=O)CC4C3)cc(-c3ccc(N4CC[C@@H](O)C4)cc3)nc2c1. The summed E-state index contributed by atoms with van der Waals surface area (Å²) in [6.07, 6.45) is 0.549. The number of ether oxygens (including phenoxy) is 1. The molecule has 3 atom stereocenters. The van der Waals surface area contributed by atoms with Crippen molar-refractivity contribution in [3.63, 3.8) is 0 Å². The largest absolute Gasteiger partial charge is 0.497 e. The van der Waals surface area contributed by atoms with Crippen LogP contribution < -0.4 is 14.5 Å². The van der Waals surface area contributed by atoms with Crippen LogP contribution in [0.1, 0.15) is 6.42 Å². The molecule has 0 aliphatic carbocycles. The van der Waals surface area contributed by atoms with Crippen LogP contribution in [0.2, 0.25) is 0 Å². The molecule has 0 bridgehead atoms. The van der Waals surface area contributed by atoms with Gasteiger partial charge in [-0.2, -0.15) is 0 Å². The Bertz CT molecular complexity index is 1320. The van der Waals surface area contributed by atoms with Crippen molar-refractivity contribution in [3.05, 3.63) is 48.5 Å². The maximum Gasteiger partial charge on any atom is 0.151 e. The van der Waals surface area contributed by atoms with Gasteiger partial charge in [0.05, 0.1) is 35.9 Å². The molecule has 6 rings (SSSR count). The van der Waals surface area contributed by atoms with Crippen LogP contribution >= 0.6 is 0 Å². The van der Waals surface area contributed by atoms with Crippen molar-refractivity contribution in [1.82, 2.24) is 4.98 Å². The Morgan fingerprint density at radius 3 is 2.35 bits per heavy atom. The second-order valence-corrected chi connectivity index (χ2v) is 12.0.